The highest BCUT2D eigenvalue weighted by Gasteiger charge is 2.41. The van der Waals surface area contributed by atoms with Gasteiger partial charge in [-0.05, 0) is 32.6 Å². The maximum Gasteiger partial charge on any atom is 0.408 e. The lowest BCUT2D eigenvalue weighted by Crippen LogP contribution is -2.35. The molecule has 1 aromatic heterocycles. The second-order valence-electron chi connectivity index (χ2n) is 6.07. The molecule has 12 heteroatoms. The maximum absolute atomic E-state index is 12.7. The minimum atomic E-state index is -4.60. The van der Waals surface area contributed by atoms with Gasteiger partial charge in [-0.25, -0.2) is 0 Å². The number of nitrogens with zero attached hydrogens (tertiary/aromatic N) is 3. The molecule has 6 nitrogen and oxygen atoms in total. The van der Waals surface area contributed by atoms with Crippen LogP contribution in [0, 0.1) is 11.8 Å². The summed E-state index contributed by atoms with van der Waals surface area (Å²) in [5.74, 6) is 3.89. The number of ether oxygens (including phenoxy) is 1. The molecule has 0 aromatic carbocycles. The Hall–Kier alpha value is -2.29. The van der Waals surface area contributed by atoms with Crippen LogP contribution in [0.1, 0.15) is 32.5 Å². The summed E-state index contributed by atoms with van der Waals surface area (Å²) in [5, 5.41) is 3.99. The van der Waals surface area contributed by atoms with Crippen LogP contribution < -0.4 is 10.6 Å². The molecule has 0 amide bonds. The minimum Gasteiger partial charge on any atom is -0.366 e. The van der Waals surface area contributed by atoms with Gasteiger partial charge in [-0.15, -0.1) is 0 Å². The lowest BCUT2D eigenvalue weighted by molar-refractivity contribution is -0.139. The third-order valence-electron chi connectivity index (χ3n) is 3.81. The van der Waals surface area contributed by atoms with Crippen LogP contribution in [-0.2, 0) is 4.74 Å². The molecule has 2 rings (SSSR count). The fraction of sp³-hybridized carbons (Fsp3) is 0.667. The van der Waals surface area contributed by atoms with Crippen LogP contribution in [0.3, 0.4) is 0 Å². The molecule has 0 aliphatic heterocycles. The van der Waals surface area contributed by atoms with E-state index in [0.717, 1.165) is 13.8 Å². The van der Waals surface area contributed by atoms with Gasteiger partial charge < -0.3 is 15.4 Å². The van der Waals surface area contributed by atoms with Crippen molar-refractivity contribution in [2.45, 2.75) is 56.7 Å². The first-order valence-electron chi connectivity index (χ1n) is 7.85. The van der Waals surface area contributed by atoms with Crippen LogP contribution in [0.2, 0.25) is 0 Å². The van der Waals surface area contributed by atoms with E-state index in [1.54, 1.807) is 0 Å². The summed E-state index contributed by atoms with van der Waals surface area (Å²) >= 11 is 0. The molecule has 0 spiro atoms. The number of halogens is 6. The van der Waals surface area contributed by atoms with E-state index in [1.165, 1.54) is 7.11 Å². The zero-order chi connectivity index (χ0) is 20.5. The number of rotatable bonds is 5. The summed E-state index contributed by atoms with van der Waals surface area (Å²) in [6, 6.07) is -4.05. The van der Waals surface area contributed by atoms with Crippen molar-refractivity contribution in [1.82, 2.24) is 15.0 Å². The highest BCUT2D eigenvalue weighted by Crippen LogP contribution is 2.38. The molecule has 1 saturated carbocycles. The molecule has 0 unspecified atom stereocenters. The minimum absolute atomic E-state index is 0.276. The zero-order valence-corrected chi connectivity index (χ0v) is 14.6. The van der Waals surface area contributed by atoms with E-state index in [0.29, 0.717) is 12.8 Å². The van der Waals surface area contributed by atoms with E-state index in [2.05, 4.69) is 26.8 Å². The van der Waals surface area contributed by atoms with E-state index < -0.39 is 41.9 Å². The van der Waals surface area contributed by atoms with Gasteiger partial charge in [-0.1, -0.05) is 5.92 Å². The number of hydrogen-bond acceptors (Lipinski definition) is 6. The highest BCUT2D eigenvalue weighted by molar-refractivity contribution is 5.41. The Bertz CT molecular complexity index is 695. The molecular formula is C15H17F6N5O. The van der Waals surface area contributed by atoms with Crippen molar-refractivity contribution in [1.29, 1.82) is 0 Å². The lowest BCUT2D eigenvalue weighted by atomic mass is 10.3. The van der Waals surface area contributed by atoms with Crippen molar-refractivity contribution in [3.8, 4) is 11.8 Å². The van der Waals surface area contributed by atoms with Gasteiger partial charge >= 0.3 is 12.4 Å². The largest absolute Gasteiger partial charge is 0.408 e. The first-order chi connectivity index (χ1) is 12.3. The van der Waals surface area contributed by atoms with Crippen molar-refractivity contribution < 1.29 is 31.1 Å². The van der Waals surface area contributed by atoms with E-state index in [4.69, 9.17) is 4.74 Å². The van der Waals surface area contributed by atoms with Crippen molar-refractivity contribution in [3.63, 3.8) is 0 Å². The number of aromatic nitrogens is 3. The zero-order valence-electron chi connectivity index (χ0n) is 14.6. The number of anilines is 2. The van der Waals surface area contributed by atoms with Crippen molar-refractivity contribution >= 4 is 11.9 Å². The van der Waals surface area contributed by atoms with E-state index in [9.17, 15) is 26.3 Å². The van der Waals surface area contributed by atoms with Crippen molar-refractivity contribution in [2.24, 2.45) is 0 Å². The molecule has 1 aliphatic carbocycles. The van der Waals surface area contributed by atoms with Gasteiger partial charge in [-0.2, -0.15) is 41.3 Å². The summed E-state index contributed by atoms with van der Waals surface area (Å²) in [5.41, 5.74) is -0.674. The van der Waals surface area contributed by atoms with E-state index >= 15 is 0 Å². The monoisotopic (exact) mass is 397 g/mol. The van der Waals surface area contributed by atoms with Gasteiger partial charge in [-0.3, -0.25) is 0 Å². The summed E-state index contributed by atoms with van der Waals surface area (Å²) in [6.45, 7) is 1.65. The Morgan fingerprint density at radius 2 is 1.37 bits per heavy atom. The predicted molar refractivity (Wildman–Crippen MR) is 84.0 cm³/mol. The van der Waals surface area contributed by atoms with Crippen LogP contribution in [-0.4, -0.2) is 52.1 Å². The molecule has 27 heavy (non-hydrogen) atoms. The Morgan fingerprint density at radius 3 is 1.70 bits per heavy atom. The number of hydrogen-bond donors (Lipinski definition) is 2. The van der Waals surface area contributed by atoms with Gasteiger partial charge in [0.2, 0.25) is 17.7 Å². The molecule has 2 atom stereocenters. The smallest absolute Gasteiger partial charge is 0.366 e. The van der Waals surface area contributed by atoms with Crippen LogP contribution in [0.5, 0.6) is 0 Å². The van der Waals surface area contributed by atoms with E-state index in [-0.39, 0.29) is 5.82 Å². The second kappa shape index (κ2) is 7.38. The molecule has 1 heterocycles. The molecule has 150 valence electrons. The number of methoxy groups -OCH3 is 1. The average molecular weight is 397 g/mol. The first kappa shape index (κ1) is 21.0. The van der Waals surface area contributed by atoms with Gasteiger partial charge in [0.05, 0.1) is 0 Å². The molecule has 0 bridgehead atoms. The third kappa shape index (κ3) is 5.85. The molecular weight excluding hydrogens is 380 g/mol. The predicted octanol–water partition coefficient (Wildman–Crippen LogP) is 3.13. The van der Waals surface area contributed by atoms with Crippen molar-refractivity contribution in [3.05, 3.63) is 5.82 Å². The van der Waals surface area contributed by atoms with E-state index in [1.807, 2.05) is 10.6 Å². The quantitative estimate of drug-likeness (QED) is 0.588. The molecule has 0 saturated heterocycles. The topological polar surface area (TPSA) is 72.0 Å². The second-order valence-corrected chi connectivity index (χ2v) is 6.07. The van der Waals surface area contributed by atoms with Gasteiger partial charge in [0.1, 0.15) is 17.7 Å². The summed E-state index contributed by atoms with van der Waals surface area (Å²) in [4.78, 5) is 11.1. The normalized spacial score (nSPS) is 18.1. The van der Waals surface area contributed by atoms with Crippen LogP contribution in [0.25, 0.3) is 0 Å². The van der Waals surface area contributed by atoms with Crippen LogP contribution in [0.15, 0.2) is 0 Å². The fourth-order valence-electron chi connectivity index (χ4n) is 1.78. The number of nitrogens with one attached hydrogen (secondary N) is 2. The van der Waals surface area contributed by atoms with Crippen molar-refractivity contribution in [2.75, 3.05) is 17.7 Å². The Labute approximate surface area is 151 Å². The Balaban J connectivity index is 2.32. The molecule has 2 N–H and O–H groups in total. The fourth-order valence-corrected chi connectivity index (χ4v) is 1.78. The van der Waals surface area contributed by atoms with Gasteiger partial charge in [0.25, 0.3) is 0 Å². The summed E-state index contributed by atoms with van der Waals surface area (Å²) in [6.07, 6.45) is -7.87. The molecule has 0 radical (unpaired) electrons. The van der Waals surface area contributed by atoms with Crippen LogP contribution in [0.4, 0.5) is 38.2 Å². The number of alkyl halides is 6. The first-order valence-corrected chi connectivity index (χ1v) is 7.85. The lowest BCUT2D eigenvalue weighted by Gasteiger charge is -2.19. The summed E-state index contributed by atoms with van der Waals surface area (Å²) in [7, 11) is 1.45. The van der Waals surface area contributed by atoms with Gasteiger partial charge in [0.15, 0.2) is 0 Å². The average Bonchev–Trinajstić information content (AvgIpc) is 3.31. The van der Waals surface area contributed by atoms with Crippen LogP contribution >= 0.6 is 0 Å². The standard InChI is InChI=1S/C15H17F6N5O/c1-8(14(16,17)18)22-11-24-10(4-5-13(27-3)6-7-13)25-12(26-11)23-9(2)15(19,20)21/h8-9H,6-7H2,1-3H3,(H2,22,23,24,25,26)/t8-,9-/m1/s1. The maximum atomic E-state index is 12.7. The SMILES string of the molecule is COC1(C#Cc2nc(N[C@H](C)C(F)(F)F)nc(N[C@H](C)C(F)(F)F)n2)CC1. The van der Waals surface area contributed by atoms with Gasteiger partial charge in [0, 0.05) is 7.11 Å². The molecule has 1 aromatic rings. The summed E-state index contributed by atoms with van der Waals surface area (Å²) < 4.78 is 81.5. The molecule has 1 aliphatic rings. The third-order valence-corrected chi connectivity index (χ3v) is 3.81. The Morgan fingerprint density at radius 1 is 0.926 bits per heavy atom. The Kier molecular flexibility index (Phi) is 5.74. The molecule has 1 fully saturated rings. The highest BCUT2D eigenvalue weighted by atomic mass is 19.4.